The first-order chi connectivity index (χ1) is 11.7. The number of carbonyl (C=O) groups is 1. The summed E-state index contributed by atoms with van der Waals surface area (Å²) < 4.78 is 4.57. The predicted octanol–water partition coefficient (Wildman–Crippen LogP) is 6.35. The number of carbonyl (C=O) groups excluding carboxylic acids is 1. The normalized spacial score (nSPS) is 12.3. The highest BCUT2D eigenvalue weighted by molar-refractivity contribution is 5.75. The number of hydrogen-bond donors (Lipinski definition) is 0. The van der Waals surface area contributed by atoms with E-state index in [1.807, 2.05) is 34.6 Å². The van der Waals surface area contributed by atoms with Crippen LogP contribution in [0.5, 0.6) is 0 Å². The van der Waals surface area contributed by atoms with Gasteiger partial charge >= 0.3 is 5.97 Å². The molecular weight excluding hydrogens is 310 g/mol. The van der Waals surface area contributed by atoms with Gasteiger partial charge in [-0.1, -0.05) is 58.0 Å². The lowest BCUT2D eigenvalue weighted by Gasteiger charge is -2.17. The summed E-state index contributed by atoms with van der Waals surface area (Å²) in [5, 5.41) is 8.08. The SMILES string of the molecule is CCC(C)(C)C(=O)OC.CCC(C)C#N.CCC(C)c1ccccc1. The Morgan fingerprint density at radius 2 is 1.64 bits per heavy atom. The molecule has 0 aliphatic heterocycles. The third kappa shape index (κ3) is 12.2. The van der Waals surface area contributed by atoms with Gasteiger partial charge in [-0.05, 0) is 51.5 Å². The number of ether oxygens (including phenoxy) is 1. The van der Waals surface area contributed by atoms with Gasteiger partial charge in [0.15, 0.2) is 0 Å². The predicted molar refractivity (Wildman–Crippen MR) is 106 cm³/mol. The quantitative estimate of drug-likeness (QED) is 0.583. The number of benzene rings is 1. The highest BCUT2D eigenvalue weighted by Gasteiger charge is 2.25. The molecule has 2 atom stereocenters. The van der Waals surface area contributed by atoms with Crippen LogP contribution in [0.4, 0.5) is 0 Å². The van der Waals surface area contributed by atoms with E-state index in [1.165, 1.54) is 19.1 Å². The molecule has 0 spiro atoms. The minimum atomic E-state index is -0.311. The van der Waals surface area contributed by atoms with Crippen molar-refractivity contribution in [1.29, 1.82) is 5.26 Å². The van der Waals surface area contributed by atoms with E-state index < -0.39 is 0 Å². The zero-order valence-corrected chi connectivity index (χ0v) is 17.4. The number of esters is 1. The van der Waals surface area contributed by atoms with Gasteiger partial charge in [0.25, 0.3) is 0 Å². The van der Waals surface area contributed by atoms with Crippen molar-refractivity contribution in [2.24, 2.45) is 11.3 Å². The maximum absolute atomic E-state index is 10.8. The Bertz CT molecular complexity index is 488. The van der Waals surface area contributed by atoms with Crippen LogP contribution in [0.15, 0.2) is 30.3 Å². The summed E-state index contributed by atoms with van der Waals surface area (Å²) in [6, 6.07) is 12.8. The van der Waals surface area contributed by atoms with Crippen molar-refractivity contribution in [3.63, 3.8) is 0 Å². The van der Waals surface area contributed by atoms with E-state index in [0.717, 1.165) is 12.8 Å². The molecule has 0 heterocycles. The van der Waals surface area contributed by atoms with E-state index in [2.05, 4.69) is 55.0 Å². The van der Waals surface area contributed by atoms with Gasteiger partial charge in [-0.25, -0.2) is 0 Å². The van der Waals surface area contributed by atoms with Gasteiger partial charge in [-0.15, -0.1) is 0 Å². The average Bonchev–Trinajstić information content (AvgIpc) is 2.67. The maximum Gasteiger partial charge on any atom is 0.311 e. The second kappa shape index (κ2) is 14.5. The third-order valence-corrected chi connectivity index (χ3v) is 4.44. The van der Waals surface area contributed by atoms with Crippen LogP contribution in [0.2, 0.25) is 0 Å². The van der Waals surface area contributed by atoms with E-state index in [4.69, 9.17) is 5.26 Å². The second-order valence-corrected chi connectivity index (χ2v) is 6.89. The first-order valence-corrected chi connectivity index (χ1v) is 9.22. The van der Waals surface area contributed by atoms with Crippen LogP contribution in [0.25, 0.3) is 0 Å². The number of hydrogen-bond acceptors (Lipinski definition) is 3. The fourth-order valence-electron chi connectivity index (χ4n) is 1.53. The van der Waals surface area contributed by atoms with Gasteiger partial charge in [-0.3, -0.25) is 4.79 Å². The lowest BCUT2D eigenvalue weighted by atomic mass is 9.91. The van der Waals surface area contributed by atoms with Crippen molar-refractivity contribution in [2.75, 3.05) is 7.11 Å². The molecule has 25 heavy (non-hydrogen) atoms. The van der Waals surface area contributed by atoms with Crippen LogP contribution in [0, 0.1) is 22.7 Å². The lowest BCUT2D eigenvalue weighted by Crippen LogP contribution is -2.24. The van der Waals surface area contributed by atoms with Crippen LogP contribution in [-0.2, 0) is 9.53 Å². The Kier molecular flexibility index (Phi) is 14.8. The number of methoxy groups -OCH3 is 1. The first-order valence-electron chi connectivity index (χ1n) is 9.22. The van der Waals surface area contributed by atoms with Crippen molar-refractivity contribution < 1.29 is 9.53 Å². The summed E-state index contributed by atoms with van der Waals surface area (Å²) in [5.74, 6) is 0.816. The number of nitriles is 1. The fraction of sp³-hybridized carbons (Fsp3) is 0.636. The Labute approximate surface area is 155 Å². The van der Waals surface area contributed by atoms with Gasteiger partial charge in [0.2, 0.25) is 0 Å². The summed E-state index contributed by atoms with van der Waals surface area (Å²) in [6.45, 7) is 14.1. The molecule has 3 nitrogen and oxygen atoms in total. The molecule has 142 valence electrons. The summed E-state index contributed by atoms with van der Waals surface area (Å²) in [4.78, 5) is 10.8. The molecule has 1 aromatic rings. The van der Waals surface area contributed by atoms with Crippen molar-refractivity contribution >= 4 is 5.97 Å². The van der Waals surface area contributed by atoms with E-state index >= 15 is 0 Å². The topological polar surface area (TPSA) is 50.1 Å². The molecule has 0 fully saturated rings. The lowest BCUT2D eigenvalue weighted by molar-refractivity contribution is -0.150. The summed E-state index contributed by atoms with van der Waals surface area (Å²) in [5.41, 5.74) is 1.14. The minimum absolute atomic E-state index is 0.134. The summed E-state index contributed by atoms with van der Waals surface area (Å²) in [7, 11) is 1.42. The fourth-order valence-corrected chi connectivity index (χ4v) is 1.53. The Morgan fingerprint density at radius 1 is 1.12 bits per heavy atom. The molecule has 0 N–H and O–H groups in total. The van der Waals surface area contributed by atoms with Crippen LogP contribution < -0.4 is 0 Å². The molecule has 0 aliphatic carbocycles. The van der Waals surface area contributed by atoms with Crippen molar-refractivity contribution in [1.82, 2.24) is 0 Å². The Balaban J connectivity index is 0. The van der Waals surface area contributed by atoms with Crippen LogP contribution in [-0.4, -0.2) is 13.1 Å². The summed E-state index contributed by atoms with van der Waals surface area (Å²) >= 11 is 0. The van der Waals surface area contributed by atoms with Crippen molar-refractivity contribution in [3.8, 4) is 6.07 Å². The van der Waals surface area contributed by atoms with Crippen molar-refractivity contribution in [3.05, 3.63) is 35.9 Å². The molecule has 3 heteroatoms. The molecule has 0 amide bonds. The average molecular weight is 348 g/mol. The van der Waals surface area contributed by atoms with E-state index in [-0.39, 0.29) is 17.3 Å². The Hall–Kier alpha value is -1.82. The highest BCUT2D eigenvalue weighted by Crippen LogP contribution is 2.20. The molecule has 0 saturated heterocycles. The molecule has 0 bridgehead atoms. The monoisotopic (exact) mass is 347 g/mol. The van der Waals surface area contributed by atoms with Crippen LogP contribution in [0.3, 0.4) is 0 Å². The molecular formula is C22H37NO2. The van der Waals surface area contributed by atoms with E-state index in [1.54, 1.807) is 0 Å². The molecule has 0 aliphatic rings. The molecule has 0 radical (unpaired) electrons. The Morgan fingerprint density at radius 3 is 1.88 bits per heavy atom. The standard InChI is InChI=1S/C10H14.C7H14O2.C5H9N/c1-3-9(2)10-7-5-4-6-8-10;1-5-7(2,3)6(8)9-4;1-3-5(2)4-6/h4-9H,3H2,1-2H3;5H2,1-4H3;5H,3H2,1-2H3. The van der Waals surface area contributed by atoms with Gasteiger partial charge in [0.05, 0.1) is 18.6 Å². The van der Waals surface area contributed by atoms with Crippen LogP contribution in [0.1, 0.15) is 79.2 Å². The smallest absolute Gasteiger partial charge is 0.311 e. The van der Waals surface area contributed by atoms with Gasteiger partial charge in [0, 0.05) is 5.92 Å². The zero-order chi connectivity index (χ0) is 19.9. The molecule has 1 rings (SSSR count). The molecule has 0 aromatic heterocycles. The zero-order valence-electron chi connectivity index (χ0n) is 17.4. The first kappa shape index (κ1) is 25.4. The van der Waals surface area contributed by atoms with E-state index in [0.29, 0.717) is 5.92 Å². The molecule has 1 aromatic carbocycles. The maximum atomic E-state index is 10.8. The summed E-state index contributed by atoms with van der Waals surface area (Å²) in [6.07, 6.45) is 3.01. The van der Waals surface area contributed by atoms with Gasteiger partial charge in [0.1, 0.15) is 0 Å². The third-order valence-electron chi connectivity index (χ3n) is 4.44. The van der Waals surface area contributed by atoms with Gasteiger partial charge < -0.3 is 4.74 Å². The molecule has 0 saturated carbocycles. The number of nitrogens with zero attached hydrogens (tertiary/aromatic N) is 1. The van der Waals surface area contributed by atoms with Crippen molar-refractivity contribution in [2.45, 2.75) is 73.6 Å². The highest BCUT2D eigenvalue weighted by atomic mass is 16.5. The molecule has 2 unspecified atom stereocenters. The van der Waals surface area contributed by atoms with Gasteiger partial charge in [-0.2, -0.15) is 5.26 Å². The number of rotatable bonds is 5. The van der Waals surface area contributed by atoms with Crippen LogP contribution >= 0.6 is 0 Å². The van der Waals surface area contributed by atoms with E-state index in [9.17, 15) is 4.79 Å². The second-order valence-electron chi connectivity index (χ2n) is 6.89. The largest absolute Gasteiger partial charge is 0.469 e. The minimum Gasteiger partial charge on any atom is -0.469 e.